The van der Waals surface area contributed by atoms with Crippen molar-refractivity contribution in [1.82, 2.24) is 14.5 Å². The van der Waals surface area contributed by atoms with Gasteiger partial charge in [-0.05, 0) is 50.0 Å². The molecule has 1 atom stereocenters. The Morgan fingerprint density at radius 2 is 2.09 bits per heavy atom. The van der Waals surface area contributed by atoms with Gasteiger partial charge in [0.15, 0.2) is 0 Å². The van der Waals surface area contributed by atoms with Crippen LogP contribution in [-0.2, 0) is 6.54 Å². The van der Waals surface area contributed by atoms with Crippen LogP contribution in [0.5, 0.6) is 0 Å². The molecule has 6 heteroatoms. The van der Waals surface area contributed by atoms with E-state index in [-0.39, 0.29) is 12.1 Å². The number of aromatic nitrogens is 2. The van der Waals surface area contributed by atoms with E-state index >= 15 is 0 Å². The number of likely N-dealkylation sites (tertiary alicyclic amines) is 1. The molecule has 0 bridgehead atoms. The quantitative estimate of drug-likeness (QED) is 0.930. The van der Waals surface area contributed by atoms with Gasteiger partial charge in [0.05, 0.1) is 29.9 Å². The standard InChI is InChI=1S/C17H22ClN3O2/c1-12-4-6-20(7-5-12)9-14(22)10-21-11-19-16-3-2-13(18)8-15(16)17(21)23/h2-3,8,11-12,14,22H,4-7,9-10H2,1H3/t14-/m1/s1. The fourth-order valence-corrected chi connectivity index (χ4v) is 3.26. The average molecular weight is 336 g/mol. The van der Waals surface area contributed by atoms with Crippen molar-refractivity contribution in [3.63, 3.8) is 0 Å². The molecule has 5 nitrogen and oxygen atoms in total. The van der Waals surface area contributed by atoms with Crippen LogP contribution < -0.4 is 5.56 Å². The maximum absolute atomic E-state index is 12.5. The molecule has 1 aliphatic heterocycles. The summed E-state index contributed by atoms with van der Waals surface area (Å²) in [6.07, 6.45) is 3.25. The van der Waals surface area contributed by atoms with Crippen molar-refractivity contribution in [2.75, 3.05) is 19.6 Å². The zero-order chi connectivity index (χ0) is 16.4. The van der Waals surface area contributed by atoms with Gasteiger partial charge in [-0.3, -0.25) is 9.36 Å². The first-order valence-electron chi connectivity index (χ1n) is 8.08. The third kappa shape index (κ3) is 3.91. The van der Waals surface area contributed by atoms with Crippen LogP contribution in [0.4, 0.5) is 0 Å². The lowest BCUT2D eigenvalue weighted by Gasteiger charge is -2.31. The second-order valence-corrected chi connectivity index (χ2v) is 6.94. The smallest absolute Gasteiger partial charge is 0.261 e. The third-order valence-electron chi connectivity index (χ3n) is 4.54. The van der Waals surface area contributed by atoms with Crippen molar-refractivity contribution in [1.29, 1.82) is 0 Å². The Morgan fingerprint density at radius 3 is 2.83 bits per heavy atom. The molecule has 0 spiro atoms. The highest BCUT2D eigenvalue weighted by Crippen LogP contribution is 2.16. The first-order valence-corrected chi connectivity index (χ1v) is 8.46. The number of aliphatic hydroxyl groups is 1. The zero-order valence-corrected chi connectivity index (χ0v) is 14.0. The van der Waals surface area contributed by atoms with Crippen LogP contribution in [-0.4, -0.2) is 45.3 Å². The summed E-state index contributed by atoms with van der Waals surface area (Å²) in [6, 6.07) is 5.07. The topological polar surface area (TPSA) is 58.4 Å². The highest BCUT2D eigenvalue weighted by atomic mass is 35.5. The van der Waals surface area contributed by atoms with E-state index in [1.807, 2.05) is 0 Å². The molecule has 0 radical (unpaired) electrons. The fraction of sp³-hybridized carbons (Fsp3) is 0.529. The summed E-state index contributed by atoms with van der Waals surface area (Å²) in [5, 5.41) is 11.3. The van der Waals surface area contributed by atoms with E-state index in [0.717, 1.165) is 19.0 Å². The molecule has 1 aromatic carbocycles. The molecule has 23 heavy (non-hydrogen) atoms. The molecule has 1 saturated heterocycles. The highest BCUT2D eigenvalue weighted by Gasteiger charge is 2.19. The van der Waals surface area contributed by atoms with Crippen LogP contribution in [0.25, 0.3) is 10.9 Å². The number of hydrogen-bond donors (Lipinski definition) is 1. The van der Waals surface area contributed by atoms with Gasteiger partial charge in [0, 0.05) is 11.6 Å². The van der Waals surface area contributed by atoms with Gasteiger partial charge >= 0.3 is 0 Å². The maximum atomic E-state index is 12.5. The lowest BCUT2D eigenvalue weighted by atomic mass is 9.99. The number of β-amino-alcohol motifs (C(OH)–C–C–N with tert-alkyl or cyclic N) is 1. The molecule has 2 aromatic rings. The molecule has 124 valence electrons. The lowest BCUT2D eigenvalue weighted by Crippen LogP contribution is -2.40. The summed E-state index contributed by atoms with van der Waals surface area (Å²) < 4.78 is 1.47. The van der Waals surface area contributed by atoms with Gasteiger partial charge in [-0.15, -0.1) is 0 Å². The molecule has 3 rings (SSSR count). The predicted molar refractivity (Wildman–Crippen MR) is 91.9 cm³/mol. The molecule has 0 aliphatic carbocycles. The molecule has 1 aromatic heterocycles. The van der Waals surface area contributed by atoms with Gasteiger partial charge in [0.25, 0.3) is 5.56 Å². The van der Waals surface area contributed by atoms with E-state index in [9.17, 15) is 9.90 Å². The molecule has 1 N–H and O–H groups in total. The molecular formula is C17H22ClN3O2. The summed E-state index contributed by atoms with van der Waals surface area (Å²) >= 11 is 5.96. The second-order valence-electron chi connectivity index (χ2n) is 6.50. The monoisotopic (exact) mass is 335 g/mol. The number of benzene rings is 1. The van der Waals surface area contributed by atoms with E-state index in [1.54, 1.807) is 18.2 Å². The zero-order valence-electron chi connectivity index (χ0n) is 13.3. The van der Waals surface area contributed by atoms with Crippen LogP contribution in [0.2, 0.25) is 5.02 Å². The number of nitrogens with zero attached hydrogens (tertiary/aromatic N) is 3. The molecule has 0 saturated carbocycles. The number of piperidine rings is 1. The van der Waals surface area contributed by atoms with E-state index < -0.39 is 6.10 Å². The summed E-state index contributed by atoms with van der Waals surface area (Å²) in [7, 11) is 0. The minimum Gasteiger partial charge on any atom is -0.390 e. The van der Waals surface area contributed by atoms with Gasteiger partial charge in [-0.1, -0.05) is 18.5 Å². The molecule has 1 fully saturated rings. The molecule has 1 aliphatic rings. The van der Waals surface area contributed by atoms with Crippen molar-refractivity contribution in [3.05, 3.63) is 39.9 Å². The molecule has 0 unspecified atom stereocenters. The number of aliphatic hydroxyl groups excluding tert-OH is 1. The Bertz CT molecular complexity index is 738. The number of hydrogen-bond acceptors (Lipinski definition) is 4. The van der Waals surface area contributed by atoms with E-state index in [0.29, 0.717) is 22.5 Å². The van der Waals surface area contributed by atoms with Crippen LogP contribution in [0.3, 0.4) is 0 Å². The molecule has 0 amide bonds. The Hall–Kier alpha value is -1.43. The van der Waals surface area contributed by atoms with Crippen molar-refractivity contribution < 1.29 is 5.11 Å². The third-order valence-corrected chi connectivity index (χ3v) is 4.77. The summed E-state index contributed by atoms with van der Waals surface area (Å²) in [5.74, 6) is 0.764. The van der Waals surface area contributed by atoms with Gasteiger partial charge in [-0.2, -0.15) is 0 Å². The Labute approximate surface area is 140 Å². The normalized spacial score (nSPS) is 18.4. The predicted octanol–water partition coefficient (Wildman–Crippen LogP) is 2.14. The second kappa shape index (κ2) is 6.99. The molecule has 2 heterocycles. The fourth-order valence-electron chi connectivity index (χ4n) is 3.09. The van der Waals surface area contributed by atoms with Crippen molar-refractivity contribution in [2.24, 2.45) is 5.92 Å². The first-order chi connectivity index (χ1) is 11.0. The van der Waals surface area contributed by atoms with Crippen LogP contribution in [0.1, 0.15) is 19.8 Å². The Kier molecular flexibility index (Phi) is 4.99. The number of halogens is 1. The minimum atomic E-state index is -0.584. The average Bonchev–Trinajstić information content (AvgIpc) is 2.53. The van der Waals surface area contributed by atoms with Crippen LogP contribution in [0.15, 0.2) is 29.3 Å². The van der Waals surface area contributed by atoms with E-state index in [2.05, 4.69) is 16.8 Å². The van der Waals surface area contributed by atoms with Gasteiger partial charge < -0.3 is 10.0 Å². The maximum Gasteiger partial charge on any atom is 0.261 e. The largest absolute Gasteiger partial charge is 0.390 e. The summed E-state index contributed by atoms with van der Waals surface area (Å²) in [5.41, 5.74) is 0.457. The lowest BCUT2D eigenvalue weighted by molar-refractivity contribution is 0.0794. The van der Waals surface area contributed by atoms with E-state index in [4.69, 9.17) is 11.6 Å². The summed E-state index contributed by atoms with van der Waals surface area (Å²) in [4.78, 5) is 19.0. The number of rotatable bonds is 4. The van der Waals surface area contributed by atoms with Crippen molar-refractivity contribution >= 4 is 22.5 Å². The highest BCUT2D eigenvalue weighted by molar-refractivity contribution is 6.31. The molecular weight excluding hydrogens is 314 g/mol. The van der Waals surface area contributed by atoms with E-state index in [1.165, 1.54) is 23.7 Å². The van der Waals surface area contributed by atoms with Gasteiger partial charge in [0.2, 0.25) is 0 Å². The minimum absolute atomic E-state index is 0.163. The first kappa shape index (κ1) is 16.4. The van der Waals surface area contributed by atoms with Gasteiger partial charge in [-0.25, -0.2) is 4.98 Å². The Balaban J connectivity index is 1.71. The van der Waals surface area contributed by atoms with Crippen LogP contribution in [0, 0.1) is 5.92 Å². The Morgan fingerprint density at radius 1 is 1.35 bits per heavy atom. The number of fused-ring (bicyclic) bond motifs is 1. The van der Waals surface area contributed by atoms with Crippen molar-refractivity contribution in [3.8, 4) is 0 Å². The van der Waals surface area contributed by atoms with Crippen molar-refractivity contribution in [2.45, 2.75) is 32.4 Å². The summed E-state index contributed by atoms with van der Waals surface area (Å²) in [6.45, 7) is 5.13. The van der Waals surface area contributed by atoms with Crippen LogP contribution >= 0.6 is 11.6 Å². The SMILES string of the molecule is CC1CCN(C[C@@H](O)Cn2cnc3ccc(Cl)cc3c2=O)CC1. The van der Waals surface area contributed by atoms with Gasteiger partial charge in [0.1, 0.15) is 0 Å².